The molecule has 2 N–H and O–H groups in total. The number of anilines is 1. The number of aliphatic hydroxyl groups is 1. The number of aromatic nitrogens is 2. The number of alkyl halides is 3. The van der Waals surface area contributed by atoms with Crippen LogP contribution in [-0.2, 0) is 12.8 Å². The Morgan fingerprint density at radius 3 is 2.57 bits per heavy atom. The zero-order valence-electron chi connectivity index (χ0n) is 14.9. The van der Waals surface area contributed by atoms with Crippen molar-refractivity contribution >= 4 is 23.2 Å². The largest absolute Gasteiger partial charge is 0.435 e. The molecule has 2 aromatic carbocycles. The molecular formula is C19H12ClF4N3O3. The summed E-state index contributed by atoms with van der Waals surface area (Å²) in [5, 5.41) is 17.8. The van der Waals surface area contributed by atoms with Crippen molar-refractivity contribution in [2.45, 2.75) is 12.8 Å². The first-order valence-electron chi connectivity index (χ1n) is 8.26. The summed E-state index contributed by atoms with van der Waals surface area (Å²) in [7, 11) is 0. The minimum atomic E-state index is -4.86. The van der Waals surface area contributed by atoms with Gasteiger partial charge >= 0.3 is 6.18 Å². The predicted octanol–water partition coefficient (Wildman–Crippen LogP) is 4.82. The van der Waals surface area contributed by atoms with Gasteiger partial charge in [0.05, 0.1) is 11.6 Å². The third-order valence-corrected chi connectivity index (χ3v) is 4.06. The van der Waals surface area contributed by atoms with Gasteiger partial charge in [-0.15, -0.1) is 10.2 Å². The fourth-order valence-corrected chi connectivity index (χ4v) is 2.57. The van der Waals surface area contributed by atoms with Gasteiger partial charge in [0, 0.05) is 5.69 Å². The Hall–Kier alpha value is -3.24. The van der Waals surface area contributed by atoms with E-state index in [1.54, 1.807) is 12.1 Å². The van der Waals surface area contributed by atoms with E-state index in [4.69, 9.17) is 16.3 Å². The molecule has 0 aliphatic carbocycles. The highest BCUT2D eigenvalue weighted by molar-refractivity contribution is 6.32. The van der Waals surface area contributed by atoms with Crippen molar-refractivity contribution in [2.75, 3.05) is 5.32 Å². The van der Waals surface area contributed by atoms with E-state index in [0.717, 1.165) is 18.2 Å². The molecule has 11 heteroatoms. The summed E-state index contributed by atoms with van der Waals surface area (Å²) >= 11 is 5.86. The number of amides is 1. The lowest BCUT2D eigenvalue weighted by molar-refractivity contribution is -0.141. The van der Waals surface area contributed by atoms with E-state index in [0.29, 0.717) is 11.6 Å². The third kappa shape index (κ3) is 5.02. The van der Waals surface area contributed by atoms with E-state index in [2.05, 4.69) is 15.5 Å². The molecule has 6 nitrogen and oxygen atoms in total. The predicted molar refractivity (Wildman–Crippen MR) is 98.8 cm³/mol. The number of halogens is 5. The molecule has 0 aliphatic heterocycles. The van der Waals surface area contributed by atoms with Gasteiger partial charge in [-0.2, -0.15) is 13.2 Å². The van der Waals surface area contributed by atoms with Gasteiger partial charge in [0.2, 0.25) is 0 Å². The van der Waals surface area contributed by atoms with Crippen LogP contribution in [0.4, 0.5) is 23.2 Å². The lowest BCUT2D eigenvalue weighted by Crippen LogP contribution is -2.18. The number of nitrogens with zero attached hydrogens (tertiary/aromatic N) is 2. The molecule has 156 valence electrons. The molecule has 0 aliphatic rings. The summed E-state index contributed by atoms with van der Waals surface area (Å²) in [6.45, 7) is -0.295. The topological polar surface area (TPSA) is 84.3 Å². The van der Waals surface area contributed by atoms with E-state index >= 15 is 0 Å². The molecule has 1 aromatic heterocycles. The maximum atomic E-state index is 13.2. The van der Waals surface area contributed by atoms with Crippen LogP contribution in [0.5, 0.6) is 11.6 Å². The quantitative estimate of drug-likeness (QED) is 0.554. The molecule has 0 atom stereocenters. The fourth-order valence-electron chi connectivity index (χ4n) is 2.37. The third-order valence-electron chi connectivity index (χ3n) is 3.76. The van der Waals surface area contributed by atoms with E-state index in [9.17, 15) is 27.5 Å². The summed E-state index contributed by atoms with van der Waals surface area (Å²) in [5.74, 6) is -2.33. The summed E-state index contributed by atoms with van der Waals surface area (Å²) in [5.41, 5.74) is -1.28. The Bertz CT molecular complexity index is 1090. The van der Waals surface area contributed by atoms with Crippen LogP contribution in [0.1, 0.15) is 21.6 Å². The average molecular weight is 442 g/mol. The highest BCUT2D eigenvalue weighted by Gasteiger charge is 2.35. The maximum absolute atomic E-state index is 13.2. The zero-order valence-corrected chi connectivity index (χ0v) is 15.6. The molecule has 1 heterocycles. The first kappa shape index (κ1) is 21.5. The van der Waals surface area contributed by atoms with Gasteiger partial charge in [-0.05, 0) is 42.0 Å². The first-order valence-corrected chi connectivity index (χ1v) is 8.64. The number of hydrogen-bond acceptors (Lipinski definition) is 5. The Morgan fingerprint density at radius 1 is 1.13 bits per heavy atom. The maximum Gasteiger partial charge on any atom is 0.435 e. The van der Waals surface area contributed by atoms with Gasteiger partial charge in [-0.1, -0.05) is 23.7 Å². The Kier molecular flexibility index (Phi) is 6.18. The number of carbonyl (C=O) groups is 1. The van der Waals surface area contributed by atoms with Crippen LogP contribution in [0.2, 0.25) is 5.02 Å². The minimum Gasteiger partial charge on any atom is -0.435 e. The van der Waals surface area contributed by atoms with Crippen LogP contribution in [0.15, 0.2) is 48.5 Å². The van der Waals surface area contributed by atoms with E-state index in [1.807, 2.05) is 0 Å². The van der Waals surface area contributed by atoms with Crippen LogP contribution >= 0.6 is 11.6 Å². The Morgan fingerprint density at radius 2 is 1.90 bits per heavy atom. The number of hydrogen-bond donors (Lipinski definition) is 2. The van der Waals surface area contributed by atoms with E-state index < -0.39 is 35.0 Å². The minimum absolute atomic E-state index is 0.136. The molecule has 0 unspecified atom stereocenters. The molecular weight excluding hydrogens is 430 g/mol. The summed E-state index contributed by atoms with van der Waals surface area (Å²) in [4.78, 5) is 12.7. The average Bonchev–Trinajstić information content (AvgIpc) is 2.69. The lowest BCUT2D eigenvalue weighted by atomic mass is 10.2. The van der Waals surface area contributed by atoms with Crippen molar-refractivity contribution in [1.82, 2.24) is 10.2 Å². The molecule has 3 rings (SSSR count). The summed E-state index contributed by atoms with van der Waals surface area (Å²) in [6.07, 6.45) is -4.86. The summed E-state index contributed by atoms with van der Waals surface area (Å²) in [6, 6.07) is 9.60. The van der Waals surface area contributed by atoms with Crippen LogP contribution in [0.3, 0.4) is 0 Å². The molecule has 0 saturated heterocycles. The second-order valence-corrected chi connectivity index (χ2v) is 6.34. The number of ether oxygens (including phenoxy) is 1. The number of nitrogens with one attached hydrogen (secondary N) is 1. The molecule has 3 aromatic rings. The second kappa shape index (κ2) is 8.64. The molecule has 30 heavy (non-hydrogen) atoms. The van der Waals surface area contributed by atoms with Crippen molar-refractivity contribution in [3.63, 3.8) is 0 Å². The SMILES string of the molecule is O=C(Nc1cccc(CO)c1)c1cc(C(F)(F)F)nnc1Oc1ccc(F)cc1Cl. The van der Waals surface area contributed by atoms with Crippen molar-refractivity contribution in [3.8, 4) is 11.6 Å². The van der Waals surface area contributed by atoms with Gasteiger partial charge < -0.3 is 15.2 Å². The van der Waals surface area contributed by atoms with Crippen LogP contribution < -0.4 is 10.1 Å². The molecule has 0 spiro atoms. The molecule has 0 fully saturated rings. The monoisotopic (exact) mass is 441 g/mol. The van der Waals surface area contributed by atoms with Crippen molar-refractivity contribution in [2.24, 2.45) is 0 Å². The smallest absolute Gasteiger partial charge is 0.435 e. The lowest BCUT2D eigenvalue weighted by Gasteiger charge is -2.13. The normalized spacial score (nSPS) is 11.3. The highest BCUT2D eigenvalue weighted by atomic mass is 35.5. The van der Waals surface area contributed by atoms with Gasteiger partial charge in [0.25, 0.3) is 11.8 Å². The Labute approximate surface area is 172 Å². The first-order chi connectivity index (χ1) is 14.2. The molecule has 0 radical (unpaired) electrons. The molecule has 0 bridgehead atoms. The summed E-state index contributed by atoms with van der Waals surface area (Å²) < 4.78 is 57.7. The molecule has 0 saturated carbocycles. The second-order valence-electron chi connectivity index (χ2n) is 5.94. The van der Waals surface area contributed by atoms with Crippen LogP contribution in [-0.4, -0.2) is 21.2 Å². The van der Waals surface area contributed by atoms with Gasteiger partial charge in [0.1, 0.15) is 17.1 Å². The van der Waals surface area contributed by atoms with Crippen molar-refractivity contribution in [1.29, 1.82) is 0 Å². The van der Waals surface area contributed by atoms with E-state index in [1.165, 1.54) is 12.1 Å². The highest BCUT2D eigenvalue weighted by Crippen LogP contribution is 2.33. The van der Waals surface area contributed by atoms with Gasteiger partial charge in [-0.3, -0.25) is 4.79 Å². The van der Waals surface area contributed by atoms with Crippen LogP contribution in [0, 0.1) is 5.82 Å². The van der Waals surface area contributed by atoms with Crippen LogP contribution in [0.25, 0.3) is 0 Å². The number of rotatable bonds is 5. The van der Waals surface area contributed by atoms with Gasteiger partial charge in [0.15, 0.2) is 5.69 Å². The Balaban J connectivity index is 1.99. The van der Waals surface area contributed by atoms with Crippen molar-refractivity contribution in [3.05, 3.63) is 76.2 Å². The number of aliphatic hydroxyl groups excluding tert-OH is 1. The standard InChI is InChI=1S/C19H12ClF4N3O3/c20-14-7-11(21)4-5-15(14)30-18-13(8-16(26-27-18)19(22,23)24)17(29)25-12-3-1-2-10(6-12)9-28/h1-8,28H,9H2,(H,25,29). The van der Waals surface area contributed by atoms with Gasteiger partial charge in [-0.25, -0.2) is 4.39 Å². The molecule has 1 amide bonds. The number of carbonyl (C=O) groups excluding carboxylic acids is 1. The fraction of sp³-hybridized carbons (Fsp3) is 0.105. The zero-order chi connectivity index (χ0) is 21.9. The van der Waals surface area contributed by atoms with E-state index in [-0.39, 0.29) is 23.1 Å². The van der Waals surface area contributed by atoms with Crippen molar-refractivity contribution < 1.29 is 32.2 Å². The number of benzene rings is 2.